The fraction of sp³-hybridized carbons (Fsp3) is 0.417. The molecule has 4 nitrogen and oxygen atoms in total. The van der Waals surface area contributed by atoms with Crippen LogP contribution in [0.2, 0.25) is 0 Å². The van der Waals surface area contributed by atoms with E-state index in [1.165, 1.54) is 0 Å². The number of benzene rings is 1. The third-order valence-corrected chi connectivity index (χ3v) is 2.55. The maximum absolute atomic E-state index is 11.5. The van der Waals surface area contributed by atoms with Crippen LogP contribution >= 0.6 is 15.9 Å². The number of nitrogens with one attached hydrogen (secondary N) is 2. The number of methoxy groups -OCH3 is 1. The van der Waals surface area contributed by atoms with Crippen molar-refractivity contribution in [3.63, 3.8) is 0 Å². The van der Waals surface area contributed by atoms with Gasteiger partial charge in [-0.25, -0.2) is 0 Å². The third-order valence-electron chi connectivity index (χ3n) is 2.05. The van der Waals surface area contributed by atoms with E-state index in [1.54, 1.807) is 7.11 Å². The van der Waals surface area contributed by atoms with Gasteiger partial charge < -0.3 is 15.4 Å². The minimum Gasteiger partial charge on any atom is -0.495 e. The molecule has 1 rings (SSSR count). The highest BCUT2D eigenvalue weighted by atomic mass is 79.9. The summed E-state index contributed by atoms with van der Waals surface area (Å²) < 4.78 is 6.15. The minimum atomic E-state index is -0.0371. The van der Waals surface area contributed by atoms with Gasteiger partial charge in [0.05, 0.1) is 19.3 Å². The second kappa shape index (κ2) is 6.49. The van der Waals surface area contributed by atoms with Crippen molar-refractivity contribution in [3.8, 4) is 5.75 Å². The van der Waals surface area contributed by atoms with Crippen molar-refractivity contribution in [3.05, 3.63) is 22.7 Å². The molecule has 94 valence electrons. The Morgan fingerprint density at radius 3 is 2.76 bits per heavy atom. The Kier molecular flexibility index (Phi) is 5.28. The lowest BCUT2D eigenvalue weighted by atomic mass is 10.3. The van der Waals surface area contributed by atoms with Crippen molar-refractivity contribution >= 4 is 27.5 Å². The van der Waals surface area contributed by atoms with Crippen LogP contribution in [0.25, 0.3) is 0 Å². The van der Waals surface area contributed by atoms with Crippen LogP contribution in [-0.4, -0.2) is 25.6 Å². The molecule has 17 heavy (non-hydrogen) atoms. The standard InChI is InChI=1S/C12H17BrN2O2/c1-8(2)15-12(16)7-14-10-5-4-9(13)6-11(10)17-3/h4-6,8,14H,7H2,1-3H3,(H,15,16). The molecule has 0 aliphatic rings. The summed E-state index contributed by atoms with van der Waals surface area (Å²) in [5.74, 6) is 0.668. The summed E-state index contributed by atoms with van der Waals surface area (Å²) in [4.78, 5) is 11.5. The second-order valence-electron chi connectivity index (χ2n) is 3.92. The van der Waals surface area contributed by atoms with Gasteiger partial charge in [0, 0.05) is 10.5 Å². The predicted octanol–water partition coefficient (Wildman–Crippen LogP) is 2.39. The summed E-state index contributed by atoms with van der Waals surface area (Å²) in [6.07, 6.45) is 0. The first-order valence-corrected chi connectivity index (χ1v) is 6.19. The van der Waals surface area contributed by atoms with Crippen LogP contribution in [0, 0.1) is 0 Å². The van der Waals surface area contributed by atoms with E-state index in [2.05, 4.69) is 26.6 Å². The number of carbonyl (C=O) groups excluding carboxylic acids is 1. The lowest BCUT2D eigenvalue weighted by molar-refractivity contribution is -0.119. The van der Waals surface area contributed by atoms with E-state index in [1.807, 2.05) is 32.0 Å². The molecule has 1 aromatic rings. The van der Waals surface area contributed by atoms with E-state index in [9.17, 15) is 4.79 Å². The van der Waals surface area contributed by atoms with Gasteiger partial charge in [0.25, 0.3) is 0 Å². The van der Waals surface area contributed by atoms with Crippen molar-refractivity contribution in [1.29, 1.82) is 0 Å². The normalized spacial score (nSPS) is 10.2. The van der Waals surface area contributed by atoms with Crippen LogP contribution < -0.4 is 15.4 Å². The molecule has 0 aliphatic carbocycles. The summed E-state index contributed by atoms with van der Waals surface area (Å²) in [5.41, 5.74) is 0.801. The Labute approximate surface area is 110 Å². The van der Waals surface area contributed by atoms with E-state index in [0.29, 0.717) is 5.75 Å². The molecule has 0 saturated carbocycles. The Morgan fingerprint density at radius 2 is 2.18 bits per heavy atom. The van der Waals surface area contributed by atoms with E-state index < -0.39 is 0 Å². The molecule has 1 amide bonds. The molecule has 0 fully saturated rings. The average molecular weight is 301 g/mol. The topological polar surface area (TPSA) is 50.4 Å². The quantitative estimate of drug-likeness (QED) is 0.878. The first-order valence-electron chi connectivity index (χ1n) is 5.39. The molecule has 2 N–H and O–H groups in total. The highest BCUT2D eigenvalue weighted by Gasteiger charge is 2.06. The molecule has 0 bridgehead atoms. The molecule has 0 aromatic heterocycles. The van der Waals surface area contributed by atoms with Crippen molar-refractivity contribution in [2.75, 3.05) is 19.0 Å². The SMILES string of the molecule is COc1cc(Br)ccc1NCC(=O)NC(C)C. The molecule has 0 radical (unpaired) electrons. The third kappa shape index (κ3) is 4.65. The van der Waals surface area contributed by atoms with Crippen molar-refractivity contribution in [1.82, 2.24) is 5.32 Å². The zero-order valence-electron chi connectivity index (χ0n) is 10.2. The molecular formula is C12H17BrN2O2. The van der Waals surface area contributed by atoms with Crippen LogP contribution in [0.3, 0.4) is 0 Å². The summed E-state index contributed by atoms with van der Waals surface area (Å²) in [6, 6.07) is 5.76. The summed E-state index contributed by atoms with van der Waals surface area (Å²) >= 11 is 3.36. The summed E-state index contributed by atoms with van der Waals surface area (Å²) in [6.45, 7) is 4.09. The highest BCUT2D eigenvalue weighted by Crippen LogP contribution is 2.27. The lowest BCUT2D eigenvalue weighted by Crippen LogP contribution is -2.34. The molecule has 0 unspecified atom stereocenters. The number of amides is 1. The smallest absolute Gasteiger partial charge is 0.239 e. The number of carbonyl (C=O) groups is 1. The van der Waals surface area contributed by atoms with Gasteiger partial charge in [0.2, 0.25) is 5.91 Å². The van der Waals surface area contributed by atoms with Gasteiger partial charge in [-0.1, -0.05) is 15.9 Å². The van der Waals surface area contributed by atoms with Crippen molar-refractivity contribution in [2.45, 2.75) is 19.9 Å². The monoisotopic (exact) mass is 300 g/mol. The predicted molar refractivity (Wildman–Crippen MR) is 72.5 cm³/mol. The number of halogens is 1. The molecule has 0 aliphatic heterocycles. The Morgan fingerprint density at radius 1 is 1.47 bits per heavy atom. The summed E-state index contributed by atoms with van der Waals surface area (Å²) in [7, 11) is 1.60. The molecule has 5 heteroatoms. The zero-order chi connectivity index (χ0) is 12.8. The zero-order valence-corrected chi connectivity index (χ0v) is 11.8. The molecular weight excluding hydrogens is 284 g/mol. The maximum atomic E-state index is 11.5. The van der Waals surface area contributed by atoms with E-state index in [-0.39, 0.29) is 18.5 Å². The van der Waals surface area contributed by atoms with Crippen LogP contribution in [0.5, 0.6) is 5.75 Å². The summed E-state index contributed by atoms with van der Waals surface area (Å²) in [5, 5.41) is 5.85. The lowest BCUT2D eigenvalue weighted by Gasteiger charge is -2.12. The van der Waals surface area contributed by atoms with Crippen LogP contribution in [0.4, 0.5) is 5.69 Å². The minimum absolute atomic E-state index is 0.0371. The molecule has 0 spiro atoms. The Balaban J connectivity index is 2.60. The first kappa shape index (κ1) is 13.8. The molecule has 0 atom stereocenters. The number of hydrogen-bond donors (Lipinski definition) is 2. The molecule has 1 aromatic carbocycles. The Bertz CT molecular complexity index is 394. The fourth-order valence-corrected chi connectivity index (χ4v) is 1.70. The van der Waals surface area contributed by atoms with E-state index >= 15 is 0 Å². The molecule has 0 heterocycles. The van der Waals surface area contributed by atoms with Crippen LogP contribution in [0.1, 0.15) is 13.8 Å². The van der Waals surface area contributed by atoms with Gasteiger partial charge in [-0.2, -0.15) is 0 Å². The van der Waals surface area contributed by atoms with Crippen LogP contribution in [0.15, 0.2) is 22.7 Å². The average Bonchev–Trinajstić information content (AvgIpc) is 2.26. The fourth-order valence-electron chi connectivity index (χ4n) is 1.36. The highest BCUT2D eigenvalue weighted by molar-refractivity contribution is 9.10. The largest absolute Gasteiger partial charge is 0.495 e. The van der Waals surface area contributed by atoms with Gasteiger partial charge in [-0.3, -0.25) is 4.79 Å². The van der Waals surface area contributed by atoms with Gasteiger partial charge in [0.1, 0.15) is 5.75 Å². The van der Waals surface area contributed by atoms with E-state index in [4.69, 9.17) is 4.74 Å². The number of rotatable bonds is 5. The first-order chi connectivity index (χ1) is 8.02. The van der Waals surface area contributed by atoms with Crippen molar-refractivity contribution < 1.29 is 9.53 Å². The van der Waals surface area contributed by atoms with Gasteiger partial charge >= 0.3 is 0 Å². The van der Waals surface area contributed by atoms with Gasteiger partial charge in [-0.05, 0) is 32.0 Å². The van der Waals surface area contributed by atoms with Crippen LogP contribution in [-0.2, 0) is 4.79 Å². The maximum Gasteiger partial charge on any atom is 0.239 e. The van der Waals surface area contributed by atoms with Gasteiger partial charge in [-0.15, -0.1) is 0 Å². The number of anilines is 1. The number of ether oxygens (including phenoxy) is 1. The van der Waals surface area contributed by atoms with Gasteiger partial charge in [0.15, 0.2) is 0 Å². The second-order valence-corrected chi connectivity index (χ2v) is 4.84. The molecule has 0 saturated heterocycles. The number of hydrogen-bond acceptors (Lipinski definition) is 3. The van der Waals surface area contributed by atoms with Crippen molar-refractivity contribution in [2.24, 2.45) is 0 Å². The Hall–Kier alpha value is -1.23. The van der Waals surface area contributed by atoms with E-state index in [0.717, 1.165) is 10.2 Å².